The van der Waals surface area contributed by atoms with Crippen LogP contribution in [0.4, 0.5) is 8.78 Å². The molecule has 0 bridgehead atoms. The van der Waals surface area contributed by atoms with Gasteiger partial charge in [-0.1, -0.05) is 12.1 Å². The summed E-state index contributed by atoms with van der Waals surface area (Å²) < 4.78 is 25.8. The fourth-order valence-corrected chi connectivity index (χ4v) is 1.64. The molecule has 0 aliphatic carbocycles. The average molecular weight is 273 g/mol. The van der Waals surface area contributed by atoms with Crippen LogP contribution in [0.2, 0.25) is 0 Å². The molecule has 1 N–H and O–H groups in total. The molecule has 20 heavy (non-hydrogen) atoms. The van der Waals surface area contributed by atoms with E-state index in [2.05, 4.69) is 10.2 Å². The Kier molecular flexibility index (Phi) is 3.71. The molecule has 1 heterocycles. The third-order valence-corrected chi connectivity index (χ3v) is 2.75. The van der Waals surface area contributed by atoms with E-state index < -0.39 is 17.2 Å². The number of aromatic nitrogens is 2. The van der Waals surface area contributed by atoms with E-state index in [9.17, 15) is 13.6 Å². The summed E-state index contributed by atoms with van der Waals surface area (Å²) in [6.07, 6.45) is 3.02. The second-order valence-electron chi connectivity index (χ2n) is 4.06. The molecule has 0 atom stereocenters. The van der Waals surface area contributed by atoms with Crippen molar-refractivity contribution in [3.8, 4) is 6.07 Å². The molecule has 4 nitrogen and oxygen atoms in total. The van der Waals surface area contributed by atoms with Crippen LogP contribution in [0.1, 0.15) is 22.4 Å². The van der Waals surface area contributed by atoms with Gasteiger partial charge >= 0.3 is 0 Å². The highest BCUT2D eigenvalue weighted by Gasteiger charge is 2.07. The zero-order chi connectivity index (χ0) is 14.7. The number of hydrogen-bond donors (Lipinski definition) is 1. The van der Waals surface area contributed by atoms with Gasteiger partial charge in [0.15, 0.2) is 11.6 Å². The van der Waals surface area contributed by atoms with E-state index in [0.29, 0.717) is 16.8 Å². The highest BCUT2D eigenvalue weighted by atomic mass is 19.2. The lowest BCUT2D eigenvalue weighted by molar-refractivity contribution is 0.508. The van der Waals surface area contributed by atoms with Crippen molar-refractivity contribution in [1.82, 2.24) is 10.2 Å². The van der Waals surface area contributed by atoms with Gasteiger partial charge in [-0.2, -0.15) is 10.4 Å². The fraction of sp³-hybridized carbons (Fsp3) is 0.0714. The van der Waals surface area contributed by atoms with Gasteiger partial charge in [-0.3, -0.25) is 4.79 Å². The van der Waals surface area contributed by atoms with E-state index in [1.54, 1.807) is 13.0 Å². The summed E-state index contributed by atoms with van der Waals surface area (Å²) >= 11 is 0. The minimum absolute atomic E-state index is 0.0232. The van der Waals surface area contributed by atoms with Crippen molar-refractivity contribution in [2.75, 3.05) is 0 Å². The maximum Gasteiger partial charge on any atom is 0.282 e. The van der Waals surface area contributed by atoms with Gasteiger partial charge in [0.25, 0.3) is 5.56 Å². The van der Waals surface area contributed by atoms with Gasteiger partial charge in [-0.15, -0.1) is 0 Å². The first-order chi connectivity index (χ1) is 9.52. The third-order valence-electron chi connectivity index (χ3n) is 2.75. The standard InChI is InChI=1S/C14H9F2N3O/c1-8-10(7-17)14(20)19-18-13(8)5-3-9-2-4-11(15)12(16)6-9/h2-6H,1H3,(H,19,20)/b5-3+. The van der Waals surface area contributed by atoms with Gasteiger partial charge in [0.05, 0.1) is 5.69 Å². The summed E-state index contributed by atoms with van der Waals surface area (Å²) in [6.45, 7) is 1.59. The molecule has 6 heteroatoms. The summed E-state index contributed by atoms with van der Waals surface area (Å²) in [5.41, 5.74) is 0.663. The van der Waals surface area contributed by atoms with Gasteiger partial charge in [0.1, 0.15) is 11.6 Å². The van der Waals surface area contributed by atoms with Crippen molar-refractivity contribution in [2.45, 2.75) is 6.92 Å². The Labute approximate surface area is 113 Å². The predicted octanol–water partition coefficient (Wildman–Crippen LogP) is 2.40. The maximum absolute atomic E-state index is 13.0. The summed E-state index contributed by atoms with van der Waals surface area (Å²) in [5, 5.41) is 14.9. The van der Waals surface area contributed by atoms with Gasteiger partial charge in [-0.05, 0) is 36.3 Å². The normalized spacial score (nSPS) is 10.7. The molecular formula is C14H9F2N3O. The molecule has 0 aliphatic rings. The summed E-state index contributed by atoms with van der Waals surface area (Å²) in [5.74, 6) is -1.87. The smallest absolute Gasteiger partial charge is 0.267 e. The van der Waals surface area contributed by atoms with E-state index in [-0.39, 0.29) is 5.56 Å². The van der Waals surface area contributed by atoms with Crippen LogP contribution < -0.4 is 5.56 Å². The number of H-pyrrole nitrogens is 1. The maximum atomic E-state index is 13.0. The number of aromatic amines is 1. The first kappa shape index (κ1) is 13.6. The predicted molar refractivity (Wildman–Crippen MR) is 69.6 cm³/mol. The average Bonchev–Trinajstić information content (AvgIpc) is 2.42. The van der Waals surface area contributed by atoms with Crippen LogP contribution in [0.25, 0.3) is 12.2 Å². The molecule has 0 radical (unpaired) electrons. The topological polar surface area (TPSA) is 69.5 Å². The van der Waals surface area contributed by atoms with E-state index in [1.165, 1.54) is 18.2 Å². The summed E-state index contributed by atoms with van der Waals surface area (Å²) in [6, 6.07) is 5.25. The fourth-order valence-electron chi connectivity index (χ4n) is 1.64. The molecule has 2 rings (SSSR count). The van der Waals surface area contributed by atoms with E-state index >= 15 is 0 Å². The van der Waals surface area contributed by atoms with Crippen molar-refractivity contribution < 1.29 is 8.78 Å². The summed E-state index contributed by atoms with van der Waals surface area (Å²) in [7, 11) is 0. The van der Waals surface area contributed by atoms with Crippen molar-refractivity contribution in [3.63, 3.8) is 0 Å². The Morgan fingerprint density at radius 1 is 1.30 bits per heavy atom. The number of rotatable bonds is 2. The molecule has 0 unspecified atom stereocenters. The Morgan fingerprint density at radius 3 is 2.70 bits per heavy atom. The molecule has 2 aromatic rings. The second-order valence-corrected chi connectivity index (χ2v) is 4.06. The lowest BCUT2D eigenvalue weighted by Crippen LogP contribution is -2.15. The van der Waals surface area contributed by atoms with Crippen LogP contribution >= 0.6 is 0 Å². The molecule has 0 fully saturated rings. The zero-order valence-corrected chi connectivity index (χ0v) is 10.4. The van der Waals surface area contributed by atoms with Crippen LogP contribution in [0.15, 0.2) is 23.0 Å². The van der Waals surface area contributed by atoms with Crippen LogP contribution in [0.5, 0.6) is 0 Å². The molecule has 0 saturated heterocycles. The molecule has 0 saturated carbocycles. The minimum atomic E-state index is -0.948. The van der Waals surface area contributed by atoms with Gasteiger partial charge < -0.3 is 0 Å². The van der Waals surface area contributed by atoms with Crippen molar-refractivity contribution in [1.29, 1.82) is 5.26 Å². The number of benzene rings is 1. The van der Waals surface area contributed by atoms with Crippen LogP contribution in [0, 0.1) is 29.9 Å². The number of nitrogens with one attached hydrogen (secondary N) is 1. The minimum Gasteiger partial charge on any atom is -0.267 e. The SMILES string of the molecule is Cc1c(/C=C/c2ccc(F)c(F)c2)n[nH]c(=O)c1C#N. The molecule has 0 amide bonds. The molecule has 0 aliphatic heterocycles. The van der Waals surface area contributed by atoms with E-state index in [0.717, 1.165) is 12.1 Å². The monoisotopic (exact) mass is 273 g/mol. The second kappa shape index (κ2) is 5.45. The largest absolute Gasteiger partial charge is 0.282 e. The Hall–Kier alpha value is -2.81. The molecule has 1 aromatic carbocycles. The Morgan fingerprint density at radius 2 is 2.05 bits per heavy atom. The molecule has 1 aromatic heterocycles. The highest BCUT2D eigenvalue weighted by molar-refractivity contribution is 5.69. The van der Waals surface area contributed by atoms with Crippen molar-refractivity contribution in [2.24, 2.45) is 0 Å². The lowest BCUT2D eigenvalue weighted by atomic mass is 10.1. The number of hydrogen-bond acceptors (Lipinski definition) is 3. The quantitative estimate of drug-likeness (QED) is 0.913. The van der Waals surface area contributed by atoms with Crippen molar-refractivity contribution >= 4 is 12.2 Å². The van der Waals surface area contributed by atoms with E-state index in [1.807, 2.05) is 0 Å². The highest BCUT2D eigenvalue weighted by Crippen LogP contribution is 2.13. The van der Waals surface area contributed by atoms with Crippen LogP contribution in [-0.4, -0.2) is 10.2 Å². The third kappa shape index (κ3) is 2.62. The van der Waals surface area contributed by atoms with Gasteiger partial charge in [-0.25, -0.2) is 13.9 Å². The Balaban J connectivity index is 2.40. The molecular weight excluding hydrogens is 264 g/mol. The zero-order valence-electron chi connectivity index (χ0n) is 10.4. The van der Waals surface area contributed by atoms with E-state index in [4.69, 9.17) is 5.26 Å². The first-order valence-electron chi connectivity index (χ1n) is 5.65. The van der Waals surface area contributed by atoms with Crippen LogP contribution in [0.3, 0.4) is 0 Å². The summed E-state index contributed by atoms with van der Waals surface area (Å²) in [4.78, 5) is 11.3. The number of nitrogens with zero attached hydrogens (tertiary/aromatic N) is 2. The van der Waals surface area contributed by atoms with Gasteiger partial charge in [0, 0.05) is 0 Å². The van der Waals surface area contributed by atoms with Gasteiger partial charge in [0.2, 0.25) is 0 Å². The van der Waals surface area contributed by atoms with Crippen molar-refractivity contribution in [3.05, 3.63) is 62.6 Å². The van der Waals surface area contributed by atoms with Crippen LogP contribution in [-0.2, 0) is 0 Å². The lowest BCUT2D eigenvalue weighted by Gasteiger charge is -2.00. The number of nitriles is 1. The molecule has 0 spiro atoms. The number of halogens is 2. The Bertz CT molecular complexity index is 788. The first-order valence-corrected chi connectivity index (χ1v) is 5.65. The molecule has 100 valence electrons.